The largest absolute Gasteiger partial charge is 0.481 e. The van der Waals surface area contributed by atoms with Gasteiger partial charge in [-0.25, -0.2) is 0 Å². The topological polar surface area (TPSA) is 66.4 Å². The van der Waals surface area contributed by atoms with Crippen molar-refractivity contribution in [3.05, 3.63) is 0 Å². The van der Waals surface area contributed by atoms with Gasteiger partial charge in [0.15, 0.2) is 0 Å². The van der Waals surface area contributed by atoms with Crippen molar-refractivity contribution in [2.45, 2.75) is 72.3 Å². The van der Waals surface area contributed by atoms with E-state index in [2.05, 4.69) is 12.2 Å². The summed E-state index contributed by atoms with van der Waals surface area (Å²) in [7, 11) is 0. The minimum atomic E-state index is -0.986. The maximum atomic E-state index is 12.2. The summed E-state index contributed by atoms with van der Waals surface area (Å²) in [5, 5.41) is 12.5. The maximum Gasteiger partial charge on any atom is 0.310 e. The molecule has 1 rings (SSSR count). The van der Waals surface area contributed by atoms with Crippen molar-refractivity contribution >= 4 is 11.9 Å². The summed E-state index contributed by atoms with van der Waals surface area (Å²) in [4.78, 5) is 23.7. The number of carbonyl (C=O) groups is 2. The first-order valence-corrected chi connectivity index (χ1v) is 7.84. The molecule has 2 N–H and O–H groups in total. The van der Waals surface area contributed by atoms with Crippen LogP contribution in [0.5, 0.6) is 0 Å². The summed E-state index contributed by atoms with van der Waals surface area (Å²) < 4.78 is 0. The number of amides is 1. The molecule has 3 atom stereocenters. The average Bonchev–Trinajstić information content (AvgIpc) is 2.38. The molecule has 0 spiro atoms. The minimum Gasteiger partial charge on any atom is -0.481 e. The molecule has 0 bridgehead atoms. The lowest BCUT2D eigenvalue weighted by Gasteiger charge is -2.33. The molecule has 0 saturated heterocycles. The Labute approximate surface area is 122 Å². The minimum absolute atomic E-state index is 0.0624. The summed E-state index contributed by atoms with van der Waals surface area (Å²) >= 11 is 0. The molecule has 0 aromatic carbocycles. The highest BCUT2D eigenvalue weighted by Gasteiger charge is 2.39. The van der Waals surface area contributed by atoms with Gasteiger partial charge in [0, 0.05) is 12.5 Å². The van der Waals surface area contributed by atoms with E-state index in [1.54, 1.807) is 6.92 Å². The van der Waals surface area contributed by atoms with E-state index in [0.717, 1.165) is 19.3 Å². The second kappa shape index (κ2) is 7.09. The Morgan fingerprint density at radius 2 is 1.90 bits per heavy atom. The number of hydrogen-bond acceptors (Lipinski definition) is 2. The molecular weight excluding hydrogens is 254 g/mol. The zero-order valence-corrected chi connectivity index (χ0v) is 13.2. The third-order valence-corrected chi connectivity index (χ3v) is 5.07. The Hall–Kier alpha value is -1.06. The van der Waals surface area contributed by atoms with Crippen LogP contribution < -0.4 is 5.32 Å². The Balaban J connectivity index is 2.64. The molecule has 1 aliphatic rings. The normalized spacial score (nSPS) is 26.1. The zero-order valence-electron chi connectivity index (χ0n) is 13.2. The molecule has 0 aliphatic heterocycles. The summed E-state index contributed by atoms with van der Waals surface area (Å²) in [6.45, 7) is 7.54. The first-order chi connectivity index (χ1) is 9.31. The number of carboxylic acids is 1. The summed E-state index contributed by atoms with van der Waals surface area (Å²) in [6, 6.07) is 0.228. The first-order valence-electron chi connectivity index (χ1n) is 7.84. The maximum absolute atomic E-state index is 12.2. The van der Waals surface area contributed by atoms with Crippen LogP contribution in [0.1, 0.15) is 66.2 Å². The third-order valence-electron chi connectivity index (χ3n) is 5.07. The SMILES string of the molecule is CCC1CCCCC1NC(=O)CC(C)(C(=O)O)C(C)C. The molecule has 4 heteroatoms. The van der Waals surface area contributed by atoms with Crippen LogP contribution in [0.15, 0.2) is 0 Å². The molecular formula is C16H29NO3. The van der Waals surface area contributed by atoms with E-state index in [-0.39, 0.29) is 24.3 Å². The molecule has 20 heavy (non-hydrogen) atoms. The fraction of sp³-hybridized carbons (Fsp3) is 0.875. The molecule has 1 aliphatic carbocycles. The number of carboxylic acid groups (broad SMARTS) is 1. The van der Waals surface area contributed by atoms with Crippen molar-refractivity contribution in [1.82, 2.24) is 5.32 Å². The third kappa shape index (κ3) is 3.97. The van der Waals surface area contributed by atoms with E-state index in [4.69, 9.17) is 0 Å². The van der Waals surface area contributed by atoms with Gasteiger partial charge < -0.3 is 10.4 Å². The lowest BCUT2D eigenvalue weighted by atomic mass is 9.76. The zero-order chi connectivity index (χ0) is 15.3. The van der Waals surface area contributed by atoms with Crippen LogP contribution >= 0.6 is 0 Å². The Morgan fingerprint density at radius 3 is 2.40 bits per heavy atom. The Bertz CT molecular complexity index is 354. The fourth-order valence-corrected chi connectivity index (χ4v) is 3.00. The highest BCUT2D eigenvalue weighted by Crippen LogP contribution is 2.32. The van der Waals surface area contributed by atoms with Gasteiger partial charge in [0.05, 0.1) is 5.41 Å². The van der Waals surface area contributed by atoms with Crippen LogP contribution in [0.2, 0.25) is 0 Å². The lowest BCUT2D eigenvalue weighted by Crippen LogP contribution is -2.45. The summed E-state index contributed by atoms with van der Waals surface area (Å²) in [5.41, 5.74) is -0.986. The second-order valence-electron chi connectivity index (χ2n) is 6.68. The quantitative estimate of drug-likeness (QED) is 0.786. The van der Waals surface area contributed by atoms with Crippen LogP contribution in [0, 0.1) is 17.3 Å². The highest BCUT2D eigenvalue weighted by molar-refractivity contribution is 5.85. The second-order valence-corrected chi connectivity index (χ2v) is 6.68. The van der Waals surface area contributed by atoms with E-state index < -0.39 is 11.4 Å². The summed E-state index contributed by atoms with van der Waals surface area (Å²) in [6.07, 6.45) is 5.72. The van der Waals surface area contributed by atoms with Gasteiger partial charge in [-0.1, -0.05) is 40.0 Å². The van der Waals surface area contributed by atoms with Gasteiger partial charge in [-0.2, -0.15) is 0 Å². The monoisotopic (exact) mass is 283 g/mol. The molecule has 1 amide bonds. The van der Waals surface area contributed by atoms with Gasteiger partial charge in [0.2, 0.25) is 5.91 Å². The van der Waals surface area contributed by atoms with E-state index in [9.17, 15) is 14.7 Å². The van der Waals surface area contributed by atoms with Gasteiger partial charge in [-0.15, -0.1) is 0 Å². The number of carbonyl (C=O) groups excluding carboxylic acids is 1. The van der Waals surface area contributed by atoms with Crippen molar-refractivity contribution in [3.63, 3.8) is 0 Å². The standard InChI is InChI=1S/C16H29NO3/c1-5-12-8-6-7-9-13(12)17-14(18)10-16(4,11(2)3)15(19)20/h11-13H,5-10H2,1-4H3,(H,17,18)(H,19,20). The predicted molar refractivity (Wildman–Crippen MR) is 79.4 cm³/mol. The molecule has 0 aromatic rings. The van der Waals surface area contributed by atoms with E-state index in [0.29, 0.717) is 5.92 Å². The van der Waals surface area contributed by atoms with Crippen molar-refractivity contribution in [2.24, 2.45) is 17.3 Å². The van der Waals surface area contributed by atoms with Crippen molar-refractivity contribution in [2.75, 3.05) is 0 Å². The highest BCUT2D eigenvalue weighted by atomic mass is 16.4. The molecule has 0 heterocycles. The van der Waals surface area contributed by atoms with Gasteiger partial charge in [-0.3, -0.25) is 9.59 Å². The average molecular weight is 283 g/mol. The van der Waals surface area contributed by atoms with E-state index >= 15 is 0 Å². The van der Waals surface area contributed by atoms with E-state index in [1.807, 2.05) is 13.8 Å². The van der Waals surface area contributed by atoms with Crippen molar-refractivity contribution < 1.29 is 14.7 Å². The Kier molecular flexibility index (Phi) is 6.03. The number of nitrogens with one attached hydrogen (secondary N) is 1. The molecule has 116 valence electrons. The molecule has 3 unspecified atom stereocenters. The van der Waals surface area contributed by atoms with Crippen molar-refractivity contribution in [3.8, 4) is 0 Å². The van der Waals surface area contributed by atoms with Gasteiger partial charge in [0.1, 0.15) is 0 Å². The smallest absolute Gasteiger partial charge is 0.310 e. The molecule has 1 saturated carbocycles. The van der Waals surface area contributed by atoms with Crippen LogP contribution in [0.25, 0.3) is 0 Å². The summed E-state index contributed by atoms with van der Waals surface area (Å²) in [5.74, 6) is -0.533. The van der Waals surface area contributed by atoms with Crippen molar-refractivity contribution in [1.29, 1.82) is 0 Å². The Morgan fingerprint density at radius 1 is 1.30 bits per heavy atom. The lowest BCUT2D eigenvalue weighted by molar-refractivity contribution is -0.153. The van der Waals surface area contributed by atoms with Crippen LogP contribution in [0.3, 0.4) is 0 Å². The van der Waals surface area contributed by atoms with Crippen LogP contribution in [-0.2, 0) is 9.59 Å². The van der Waals surface area contributed by atoms with E-state index in [1.165, 1.54) is 12.8 Å². The number of hydrogen-bond donors (Lipinski definition) is 2. The molecule has 4 nitrogen and oxygen atoms in total. The van der Waals surface area contributed by atoms with Gasteiger partial charge in [-0.05, 0) is 31.6 Å². The van der Waals surface area contributed by atoms with Gasteiger partial charge in [0.25, 0.3) is 0 Å². The van der Waals surface area contributed by atoms with Crippen LogP contribution in [0.4, 0.5) is 0 Å². The molecule has 1 fully saturated rings. The van der Waals surface area contributed by atoms with Gasteiger partial charge >= 0.3 is 5.97 Å². The predicted octanol–water partition coefficient (Wildman–Crippen LogP) is 3.21. The molecule has 0 aromatic heterocycles. The number of rotatable bonds is 6. The molecule has 0 radical (unpaired) electrons. The first kappa shape index (κ1) is 17.0. The fourth-order valence-electron chi connectivity index (χ4n) is 3.00. The number of aliphatic carboxylic acids is 1. The van der Waals surface area contributed by atoms with Crippen LogP contribution in [-0.4, -0.2) is 23.0 Å².